The van der Waals surface area contributed by atoms with Crippen LogP contribution in [0.25, 0.3) is 0 Å². The van der Waals surface area contributed by atoms with Crippen LogP contribution >= 0.6 is 34.2 Å². The second-order valence-corrected chi connectivity index (χ2v) is 5.77. The molecule has 0 saturated heterocycles. The van der Waals surface area contributed by atoms with E-state index in [1.807, 2.05) is 6.07 Å². The Bertz CT molecular complexity index is 412. The van der Waals surface area contributed by atoms with Crippen molar-refractivity contribution in [1.29, 1.82) is 0 Å². The Hall–Kier alpha value is -0.330. The van der Waals surface area contributed by atoms with Gasteiger partial charge in [-0.1, -0.05) is 24.9 Å². The molecule has 0 saturated carbocycles. The van der Waals surface area contributed by atoms with Gasteiger partial charge in [0.2, 0.25) is 0 Å². The monoisotopic (exact) mass is 395 g/mol. The van der Waals surface area contributed by atoms with E-state index in [0.717, 1.165) is 29.4 Å². The molecule has 5 heteroatoms. The molecule has 0 spiro atoms. The lowest BCUT2D eigenvalue weighted by Crippen LogP contribution is -2.25. The quantitative estimate of drug-likeness (QED) is 0.536. The van der Waals surface area contributed by atoms with Crippen LogP contribution in [-0.4, -0.2) is 25.7 Å². The fourth-order valence-corrected chi connectivity index (χ4v) is 1.98. The minimum absolute atomic E-state index is 0.0909. The van der Waals surface area contributed by atoms with Crippen LogP contribution in [0.2, 0.25) is 5.02 Å². The molecule has 0 aliphatic carbocycles. The minimum Gasteiger partial charge on any atom is -0.381 e. The van der Waals surface area contributed by atoms with Crippen LogP contribution in [0.15, 0.2) is 18.2 Å². The predicted octanol–water partition coefficient (Wildman–Crippen LogP) is 3.88. The highest BCUT2D eigenvalue weighted by Gasteiger charge is 2.06. The first kappa shape index (κ1) is 16.7. The number of ether oxygens (including phenoxy) is 1. The number of hydrogen-bond acceptors (Lipinski definition) is 2. The summed E-state index contributed by atoms with van der Waals surface area (Å²) in [5, 5.41) is 3.46. The molecule has 0 fully saturated rings. The average Bonchev–Trinajstić information content (AvgIpc) is 2.40. The van der Waals surface area contributed by atoms with Crippen LogP contribution in [0, 0.1) is 3.57 Å². The first-order valence-electron chi connectivity index (χ1n) is 6.46. The van der Waals surface area contributed by atoms with Crippen molar-refractivity contribution in [2.75, 3.05) is 19.8 Å². The third-order valence-electron chi connectivity index (χ3n) is 2.58. The van der Waals surface area contributed by atoms with Gasteiger partial charge in [0, 0.05) is 28.9 Å². The summed E-state index contributed by atoms with van der Waals surface area (Å²) in [6, 6.07) is 5.31. The molecule has 0 aromatic heterocycles. The highest BCUT2D eigenvalue weighted by atomic mass is 127. The molecular formula is C14H19ClINO2. The van der Waals surface area contributed by atoms with Crippen LogP contribution in [0.4, 0.5) is 0 Å². The van der Waals surface area contributed by atoms with Gasteiger partial charge in [0.05, 0.1) is 5.02 Å². The molecule has 19 heavy (non-hydrogen) atoms. The molecule has 3 nitrogen and oxygen atoms in total. The van der Waals surface area contributed by atoms with E-state index in [0.29, 0.717) is 23.7 Å². The maximum absolute atomic E-state index is 11.8. The van der Waals surface area contributed by atoms with Gasteiger partial charge in [-0.05, 0) is 53.6 Å². The van der Waals surface area contributed by atoms with E-state index in [1.165, 1.54) is 0 Å². The first-order valence-corrected chi connectivity index (χ1v) is 7.91. The third-order valence-corrected chi connectivity index (χ3v) is 4.15. The molecule has 1 rings (SSSR count). The Morgan fingerprint density at radius 3 is 2.79 bits per heavy atom. The standard InChI is InChI=1S/C14H19ClINO2/c1-2-3-8-19-9-4-7-17-14(18)11-5-6-13(16)12(15)10-11/h5-6,10H,2-4,7-9H2,1H3,(H,17,18). The van der Waals surface area contributed by atoms with Crippen molar-refractivity contribution in [3.05, 3.63) is 32.4 Å². The lowest BCUT2D eigenvalue weighted by atomic mass is 10.2. The van der Waals surface area contributed by atoms with Crippen LogP contribution in [-0.2, 0) is 4.74 Å². The van der Waals surface area contributed by atoms with E-state index in [2.05, 4.69) is 34.8 Å². The Labute approximate surface area is 133 Å². The molecule has 0 aliphatic heterocycles. The van der Waals surface area contributed by atoms with E-state index in [-0.39, 0.29) is 5.91 Å². The summed E-state index contributed by atoms with van der Waals surface area (Å²) >= 11 is 8.12. The number of halogens is 2. The molecular weight excluding hydrogens is 377 g/mol. The third kappa shape index (κ3) is 6.58. The topological polar surface area (TPSA) is 38.3 Å². The number of carbonyl (C=O) groups is 1. The Balaban J connectivity index is 2.22. The maximum Gasteiger partial charge on any atom is 0.251 e. The Kier molecular flexibility index (Phi) is 8.41. The van der Waals surface area contributed by atoms with Crippen LogP contribution < -0.4 is 5.32 Å². The van der Waals surface area contributed by atoms with Crippen molar-refractivity contribution in [2.24, 2.45) is 0 Å². The van der Waals surface area contributed by atoms with Gasteiger partial charge in [-0.15, -0.1) is 0 Å². The summed E-state index contributed by atoms with van der Waals surface area (Å²) in [6.45, 7) is 4.25. The summed E-state index contributed by atoms with van der Waals surface area (Å²) in [5.74, 6) is -0.0909. The molecule has 0 heterocycles. The van der Waals surface area contributed by atoms with Gasteiger partial charge >= 0.3 is 0 Å². The summed E-state index contributed by atoms with van der Waals surface area (Å²) < 4.78 is 6.37. The SMILES string of the molecule is CCCCOCCCNC(=O)c1ccc(I)c(Cl)c1. The molecule has 0 bridgehead atoms. The van der Waals surface area contributed by atoms with Crippen molar-refractivity contribution in [1.82, 2.24) is 5.32 Å². The molecule has 106 valence electrons. The summed E-state index contributed by atoms with van der Waals surface area (Å²) in [5.41, 5.74) is 0.595. The van der Waals surface area contributed by atoms with E-state index in [4.69, 9.17) is 16.3 Å². The largest absolute Gasteiger partial charge is 0.381 e. The van der Waals surface area contributed by atoms with Gasteiger partial charge in [-0.25, -0.2) is 0 Å². The molecule has 1 N–H and O–H groups in total. The van der Waals surface area contributed by atoms with Gasteiger partial charge in [0.15, 0.2) is 0 Å². The average molecular weight is 396 g/mol. The fourth-order valence-electron chi connectivity index (χ4n) is 1.46. The molecule has 1 aromatic carbocycles. The summed E-state index contributed by atoms with van der Waals surface area (Å²) in [6.07, 6.45) is 3.06. The van der Waals surface area contributed by atoms with Crippen molar-refractivity contribution in [3.8, 4) is 0 Å². The molecule has 1 aromatic rings. The second-order valence-electron chi connectivity index (χ2n) is 4.20. The zero-order chi connectivity index (χ0) is 14.1. The number of benzene rings is 1. The fraction of sp³-hybridized carbons (Fsp3) is 0.500. The Morgan fingerprint density at radius 2 is 2.11 bits per heavy atom. The lowest BCUT2D eigenvalue weighted by molar-refractivity contribution is 0.0940. The number of hydrogen-bond donors (Lipinski definition) is 1. The smallest absolute Gasteiger partial charge is 0.251 e. The van der Waals surface area contributed by atoms with Gasteiger partial charge in [0.25, 0.3) is 5.91 Å². The number of rotatable bonds is 8. The number of amides is 1. The second kappa shape index (κ2) is 9.55. The zero-order valence-corrected chi connectivity index (χ0v) is 14.0. The Morgan fingerprint density at radius 1 is 1.37 bits per heavy atom. The normalized spacial score (nSPS) is 10.5. The number of nitrogens with one attached hydrogen (secondary N) is 1. The molecule has 0 unspecified atom stereocenters. The minimum atomic E-state index is -0.0909. The van der Waals surface area contributed by atoms with Crippen LogP contribution in [0.5, 0.6) is 0 Å². The first-order chi connectivity index (χ1) is 9.15. The van der Waals surface area contributed by atoms with E-state index in [9.17, 15) is 4.79 Å². The van der Waals surface area contributed by atoms with Gasteiger partial charge in [-0.3, -0.25) is 4.79 Å². The highest BCUT2D eigenvalue weighted by Crippen LogP contribution is 2.19. The van der Waals surface area contributed by atoms with Gasteiger partial charge in [0.1, 0.15) is 0 Å². The number of carbonyl (C=O) groups excluding carboxylic acids is 1. The highest BCUT2D eigenvalue weighted by molar-refractivity contribution is 14.1. The van der Waals surface area contributed by atoms with Crippen molar-refractivity contribution in [3.63, 3.8) is 0 Å². The predicted molar refractivity (Wildman–Crippen MR) is 86.8 cm³/mol. The molecule has 0 atom stereocenters. The lowest BCUT2D eigenvalue weighted by Gasteiger charge is -2.07. The van der Waals surface area contributed by atoms with E-state index >= 15 is 0 Å². The zero-order valence-electron chi connectivity index (χ0n) is 11.0. The molecule has 0 radical (unpaired) electrons. The van der Waals surface area contributed by atoms with Crippen molar-refractivity contribution >= 4 is 40.1 Å². The van der Waals surface area contributed by atoms with Crippen LogP contribution in [0.3, 0.4) is 0 Å². The van der Waals surface area contributed by atoms with E-state index in [1.54, 1.807) is 12.1 Å². The summed E-state index contributed by atoms with van der Waals surface area (Å²) in [4.78, 5) is 11.8. The van der Waals surface area contributed by atoms with Crippen LogP contribution in [0.1, 0.15) is 36.5 Å². The molecule has 1 amide bonds. The maximum atomic E-state index is 11.8. The van der Waals surface area contributed by atoms with Gasteiger partial charge < -0.3 is 10.1 Å². The van der Waals surface area contributed by atoms with Crippen molar-refractivity contribution in [2.45, 2.75) is 26.2 Å². The van der Waals surface area contributed by atoms with Gasteiger partial charge in [-0.2, -0.15) is 0 Å². The summed E-state index contributed by atoms with van der Waals surface area (Å²) in [7, 11) is 0. The van der Waals surface area contributed by atoms with Crippen molar-refractivity contribution < 1.29 is 9.53 Å². The molecule has 0 aliphatic rings. The van der Waals surface area contributed by atoms with E-state index < -0.39 is 0 Å². The number of unbranched alkanes of at least 4 members (excludes halogenated alkanes) is 1.